The predicted octanol–water partition coefficient (Wildman–Crippen LogP) is 3.12. The van der Waals surface area contributed by atoms with Gasteiger partial charge in [0.1, 0.15) is 0 Å². The van der Waals surface area contributed by atoms with Gasteiger partial charge in [-0.05, 0) is 6.37 Å². The molecule has 1 N–H and O–H groups in total. The Labute approximate surface area is 73.6 Å². The van der Waals surface area contributed by atoms with Gasteiger partial charge in [0.25, 0.3) is 0 Å². The highest BCUT2D eigenvalue weighted by Crippen LogP contribution is 2.07. The van der Waals surface area contributed by atoms with Crippen LogP contribution in [0.2, 0.25) is 0 Å². The van der Waals surface area contributed by atoms with E-state index in [0.29, 0.717) is 6.42 Å². The van der Waals surface area contributed by atoms with Crippen molar-refractivity contribution in [2.45, 2.75) is 58.2 Å². The van der Waals surface area contributed by atoms with Crippen LogP contribution in [-0.4, -0.2) is 11.7 Å². The van der Waals surface area contributed by atoms with Crippen LogP contribution in [-0.2, 0) is 0 Å². The maximum atomic E-state index is 8.66. The maximum Gasteiger partial charge on any atom is 0.0431 e. The summed E-state index contributed by atoms with van der Waals surface area (Å²) in [5.74, 6) is 0. The van der Waals surface area contributed by atoms with Gasteiger partial charge in [-0.15, -0.1) is 0 Å². The molecule has 1 nitrogen and oxygen atoms in total. The Balaban J connectivity index is 3.16. The van der Waals surface area contributed by atoms with Crippen molar-refractivity contribution in [2.75, 3.05) is 6.61 Å². The van der Waals surface area contributed by atoms with Gasteiger partial charge in [0.2, 0.25) is 0 Å². The minimum absolute atomic E-state index is 0.345. The van der Waals surface area contributed by atoms with Crippen LogP contribution < -0.4 is 0 Å². The summed E-state index contributed by atoms with van der Waals surface area (Å²) in [7, 11) is 0. The Morgan fingerprint density at radius 3 is 2.09 bits per heavy atom. The topological polar surface area (TPSA) is 20.2 Å². The molecule has 0 radical (unpaired) electrons. The number of hydrogen-bond donors (Lipinski definition) is 1. The molecule has 0 aliphatic carbocycles. The normalized spacial score (nSPS) is 14.4. The Morgan fingerprint density at radius 2 is 1.55 bits per heavy atom. The Bertz CT molecular complexity index is 115. The van der Waals surface area contributed by atoms with Crippen LogP contribution in [0, 0.1) is 0 Å². The van der Waals surface area contributed by atoms with Gasteiger partial charge < -0.3 is 5.11 Å². The Kier molecular flexibility index (Phi) is 6.88. The van der Waals surface area contributed by atoms with Crippen LogP contribution in [0.3, 0.4) is 0 Å². The first kappa shape index (κ1) is 7.60. The van der Waals surface area contributed by atoms with E-state index in [2.05, 4.69) is 6.92 Å². The predicted molar refractivity (Wildman–Crippen MR) is 49.7 cm³/mol. The second-order valence-corrected chi connectivity index (χ2v) is 2.93. The van der Waals surface area contributed by atoms with E-state index in [0.717, 1.165) is 12.8 Å². The highest BCUT2D eigenvalue weighted by atomic mass is 16.2. The number of aliphatic hydroxyl groups is 1. The molecule has 11 heavy (non-hydrogen) atoms. The monoisotopic (exact) mass is 160 g/mol. The molecule has 0 fully saturated rings. The molecule has 0 rings (SSSR count). The SMILES string of the molecule is [2H]C([2H])(CO)CCCCCCCC. The van der Waals surface area contributed by atoms with E-state index in [1.807, 2.05) is 0 Å². The van der Waals surface area contributed by atoms with Gasteiger partial charge in [-0.25, -0.2) is 0 Å². The van der Waals surface area contributed by atoms with Crippen LogP contribution >= 0.6 is 0 Å². The number of rotatable bonds is 8. The first-order valence-electron chi connectivity index (χ1n) is 5.73. The zero-order chi connectivity index (χ0) is 10.2. The summed E-state index contributed by atoms with van der Waals surface area (Å²) in [5.41, 5.74) is 0. The van der Waals surface area contributed by atoms with Crippen molar-refractivity contribution >= 4 is 0 Å². The zero-order valence-electron chi connectivity index (χ0n) is 9.60. The molecule has 0 atom stereocenters. The summed E-state index contributed by atoms with van der Waals surface area (Å²) in [6.07, 6.45) is 6.13. The second kappa shape index (κ2) is 9.96. The average Bonchev–Trinajstić information content (AvgIpc) is 2.11. The van der Waals surface area contributed by atoms with Gasteiger partial charge >= 0.3 is 0 Å². The molecular weight excluding hydrogens is 136 g/mol. The summed E-state index contributed by atoms with van der Waals surface area (Å²) < 4.78 is 14.6. The maximum absolute atomic E-state index is 8.66. The van der Waals surface area contributed by atoms with E-state index in [-0.39, 0.29) is 6.61 Å². The molecule has 0 saturated heterocycles. The largest absolute Gasteiger partial charge is 0.396 e. The molecular formula is C10H22O. The molecule has 0 aliphatic heterocycles. The fourth-order valence-electron chi connectivity index (χ4n) is 1.11. The Hall–Kier alpha value is -0.0400. The third-order valence-corrected chi connectivity index (χ3v) is 1.82. The van der Waals surface area contributed by atoms with Crippen molar-refractivity contribution in [2.24, 2.45) is 0 Å². The van der Waals surface area contributed by atoms with E-state index < -0.39 is 6.37 Å². The molecule has 0 aromatic carbocycles. The molecule has 1 heteroatoms. The molecule has 0 spiro atoms. The minimum atomic E-state index is -1.36. The van der Waals surface area contributed by atoms with Crippen molar-refractivity contribution in [1.29, 1.82) is 0 Å². The van der Waals surface area contributed by atoms with Gasteiger partial charge in [0, 0.05) is 9.35 Å². The van der Waals surface area contributed by atoms with Gasteiger partial charge in [-0.2, -0.15) is 0 Å². The van der Waals surface area contributed by atoms with E-state index >= 15 is 0 Å². The van der Waals surface area contributed by atoms with Crippen LogP contribution in [0.1, 0.15) is 61.0 Å². The van der Waals surface area contributed by atoms with Crippen molar-refractivity contribution in [3.63, 3.8) is 0 Å². The summed E-state index contributed by atoms with van der Waals surface area (Å²) in [4.78, 5) is 0. The van der Waals surface area contributed by atoms with Crippen LogP contribution in [0.5, 0.6) is 0 Å². The molecule has 0 amide bonds. The molecule has 0 aromatic rings. The highest BCUT2D eigenvalue weighted by molar-refractivity contribution is 4.44. The zero-order valence-corrected chi connectivity index (χ0v) is 7.60. The molecule has 0 heterocycles. The van der Waals surface area contributed by atoms with Crippen molar-refractivity contribution < 1.29 is 7.85 Å². The van der Waals surface area contributed by atoms with E-state index in [4.69, 9.17) is 7.85 Å². The lowest BCUT2D eigenvalue weighted by Crippen LogP contribution is -1.83. The minimum Gasteiger partial charge on any atom is -0.396 e. The van der Waals surface area contributed by atoms with Crippen LogP contribution in [0.4, 0.5) is 0 Å². The third kappa shape index (κ3) is 9.96. The van der Waals surface area contributed by atoms with Gasteiger partial charge in [-0.3, -0.25) is 0 Å². The number of unbranched alkanes of at least 4 members (excludes halogenated alkanes) is 5. The van der Waals surface area contributed by atoms with E-state index in [9.17, 15) is 0 Å². The number of aliphatic hydroxyl groups excluding tert-OH is 1. The lowest BCUT2D eigenvalue weighted by Gasteiger charge is -1.98. The quantitative estimate of drug-likeness (QED) is 0.541. The fraction of sp³-hybridized carbons (Fsp3) is 1.00. The van der Waals surface area contributed by atoms with Gasteiger partial charge in [0.05, 0.1) is 0 Å². The molecule has 0 aromatic heterocycles. The van der Waals surface area contributed by atoms with Crippen molar-refractivity contribution in [3.05, 3.63) is 0 Å². The lowest BCUT2D eigenvalue weighted by molar-refractivity contribution is 0.282. The summed E-state index contributed by atoms with van der Waals surface area (Å²) in [6, 6.07) is 0. The summed E-state index contributed by atoms with van der Waals surface area (Å²) >= 11 is 0. The summed E-state index contributed by atoms with van der Waals surface area (Å²) in [6.45, 7) is 1.84. The average molecular weight is 160 g/mol. The Morgan fingerprint density at radius 1 is 1.00 bits per heavy atom. The first-order chi connectivity index (χ1) is 6.12. The molecule has 0 saturated carbocycles. The van der Waals surface area contributed by atoms with E-state index in [1.54, 1.807) is 0 Å². The molecule has 0 aliphatic rings. The number of hydrogen-bond acceptors (Lipinski definition) is 1. The standard InChI is InChI=1S/C10H22O/c1-2-3-4-5-6-7-8-9-10-11/h11H,2-10H2,1H3/i9D2. The fourth-order valence-corrected chi connectivity index (χ4v) is 1.11. The molecule has 0 bridgehead atoms. The highest BCUT2D eigenvalue weighted by Gasteiger charge is 1.89. The first-order valence-corrected chi connectivity index (χ1v) is 4.73. The van der Waals surface area contributed by atoms with E-state index in [1.165, 1.54) is 25.7 Å². The van der Waals surface area contributed by atoms with Crippen molar-refractivity contribution in [3.8, 4) is 0 Å². The smallest absolute Gasteiger partial charge is 0.0431 e. The molecule has 68 valence electrons. The second-order valence-electron chi connectivity index (χ2n) is 2.93. The summed E-state index contributed by atoms with van der Waals surface area (Å²) in [5, 5.41) is 8.66. The van der Waals surface area contributed by atoms with Crippen LogP contribution in [0.25, 0.3) is 0 Å². The van der Waals surface area contributed by atoms with Crippen LogP contribution in [0.15, 0.2) is 0 Å². The lowest BCUT2D eigenvalue weighted by atomic mass is 10.1. The third-order valence-electron chi connectivity index (χ3n) is 1.82. The molecule has 0 unspecified atom stereocenters. The van der Waals surface area contributed by atoms with Gasteiger partial charge in [-0.1, -0.05) is 51.9 Å². The van der Waals surface area contributed by atoms with Gasteiger partial charge in [0.15, 0.2) is 0 Å². The van der Waals surface area contributed by atoms with Crippen molar-refractivity contribution in [1.82, 2.24) is 0 Å².